The Bertz CT molecular complexity index is 1230. The first kappa shape index (κ1) is 30.6. The zero-order valence-corrected chi connectivity index (χ0v) is 23.5. The van der Waals surface area contributed by atoms with E-state index in [2.05, 4.69) is 5.32 Å². The SMILES string of the molecule is CCc1ccc(C(=N)N(CCC(F)(F)F)C(=O)NC/C(N)=C2\CCC(SC)CC2=Nc2cccc(Cl)c2)cc1. The van der Waals surface area contributed by atoms with Gasteiger partial charge in [0.1, 0.15) is 5.84 Å². The molecule has 0 heterocycles. The number of benzene rings is 2. The van der Waals surface area contributed by atoms with Crippen molar-refractivity contribution in [1.29, 1.82) is 5.41 Å². The van der Waals surface area contributed by atoms with Crippen molar-refractivity contribution in [1.82, 2.24) is 10.2 Å². The lowest BCUT2D eigenvalue weighted by Gasteiger charge is -2.27. The molecule has 6 nitrogen and oxygen atoms in total. The van der Waals surface area contributed by atoms with Crippen LogP contribution in [0.3, 0.4) is 0 Å². The molecule has 4 N–H and O–H groups in total. The van der Waals surface area contributed by atoms with E-state index in [-0.39, 0.29) is 12.4 Å². The third kappa shape index (κ3) is 9.03. The number of nitrogens with one attached hydrogen (secondary N) is 2. The molecule has 0 bridgehead atoms. The van der Waals surface area contributed by atoms with E-state index in [1.807, 2.05) is 25.3 Å². The summed E-state index contributed by atoms with van der Waals surface area (Å²) in [4.78, 5) is 18.7. The normalized spacial score (nSPS) is 18.1. The second-order valence-corrected chi connectivity index (χ2v) is 10.8. The van der Waals surface area contributed by atoms with Crippen LogP contribution in [-0.4, -0.2) is 53.2 Å². The topological polar surface area (TPSA) is 94.6 Å². The summed E-state index contributed by atoms with van der Waals surface area (Å²) in [6.45, 7) is 1.20. The van der Waals surface area contributed by atoms with Crippen LogP contribution in [0.15, 0.2) is 64.8 Å². The molecule has 1 fully saturated rings. The number of halogens is 4. The summed E-state index contributed by atoms with van der Waals surface area (Å²) in [7, 11) is 0. The highest BCUT2D eigenvalue weighted by Crippen LogP contribution is 2.32. The number of carbonyl (C=O) groups is 1. The van der Waals surface area contributed by atoms with Gasteiger partial charge in [-0.3, -0.25) is 15.3 Å². The number of nitrogens with zero attached hydrogens (tertiary/aromatic N) is 2. The molecule has 0 aliphatic heterocycles. The zero-order valence-electron chi connectivity index (χ0n) is 21.9. The number of hydrogen-bond donors (Lipinski definition) is 3. The van der Waals surface area contributed by atoms with Gasteiger partial charge in [0.15, 0.2) is 0 Å². The Labute approximate surface area is 236 Å². The number of allylic oxidation sites excluding steroid dienone is 1. The average molecular weight is 580 g/mol. The molecule has 2 aromatic rings. The minimum atomic E-state index is -4.48. The van der Waals surface area contributed by atoms with E-state index in [0.717, 1.165) is 34.6 Å². The van der Waals surface area contributed by atoms with Gasteiger partial charge in [-0.15, -0.1) is 0 Å². The summed E-state index contributed by atoms with van der Waals surface area (Å²) in [5.41, 5.74) is 10.5. The number of nitrogens with two attached hydrogens (primary N) is 1. The van der Waals surface area contributed by atoms with Gasteiger partial charge in [-0.05, 0) is 54.9 Å². The van der Waals surface area contributed by atoms with E-state index in [0.29, 0.717) is 40.1 Å². The van der Waals surface area contributed by atoms with Crippen LogP contribution in [0.5, 0.6) is 0 Å². The quantitative estimate of drug-likeness (QED) is 0.230. The maximum Gasteiger partial charge on any atom is 0.390 e. The molecule has 0 saturated heterocycles. The minimum absolute atomic E-state index is 0.0861. The highest BCUT2D eigenvalue weighted by atomic mass is 35.5. The molecule has 2 aromatic carbocycles. The highest BCUT2D eigenvalue weighted by molar-refractivity contribution is 7.99. The number of carbonyl (C=O) groups excluding carboxylic acids is 1. The van der Waals surface area contributed by atoms with Gasteiger partial charge in [0.05, 0.1) is 18.7 Å². The number of aryl methyl sites for hydroxylation is 1. The van der Waals surface area contributed by atoms with Crippen molar-refractivity contribution < 1.29 is 18.0 Å². The fourth-order valence-electron chi connectivity index (χ4n) is 4.23. The summed E-state index contributed by atoms with van der Waals surface area (Å²) in [6, 6.07) is 13.2. The van der Waals surface area contributed by atoms with Gasteiger partial charge in [-0.1, -0.05) is 48.9 Å². The summed E-state index contributed by atoms with van der Waals surface area (Å²) in [5, 5.41) is 12.0. The van der Waals surface area contributed by atoms with Crippen LogP contribution < -0.4 is 11.1 Å². The Hall–Kier alpha value is -2.98. The molecule has 1 saturated carbocycles. The van der Waals surface area contributed by atoms with Gasteiger partial charge in [-0.25, -0.2) is 4.79 Å². The Morgan fingerprint density at radius 3 is 2.59 bits per heavy atom. The van der Waals surface area contributed by atoms with Crippen molar-refractivity contribution in [2.24, 2.45) is 10.7 Å². The van der Waals surface area contributed by atoms with Crippen LogP contribution in [0.25, 0.3) is 0 Å². The third-order valence-electron chi connectivity index (χ3n) is 6.48. The van der Waals surface area contributed by atoms with Crippen molar-refractivity contribution in [3.63, 3.8) is 0 Å². The third-order valence-corrected chi connectivity index (χ3v) is 7.78. The largest absolute Gasteiger partial charge is 0.400 e. The lowest BCUT2D eigenvalue weighted by molar-refractivity contribution is -0.135. The second-order valence-electron chi connectivity index (χ2n) is 9.22. The molecule has 3 rings (SSSR count). The van der Waals surface area contributed by atoms with Crippen LogP contribution in [0, 0.1) is 5.41 Å². The van der Waals surface area contributed by atoms with Crippen LogP contribution in [0.2, 0.25) is 5.02 Å². The smallest absolute Gasteiger partial charge is 0.390 e. The second kappa shape index (κ2) is 13.9. The molecule has 11 heteroatoms. The number of amides is 2. The summed E-state index contributed by atoms with van der Waals surface area (Å²) in [6.07, 6.45) is -0.666. The van der Waals surface area contributed by atoms with E-state index in [4.69, 9.17) is 27.7 Å². The number of urea groups is 1. The fraction of sp³-hybridized carbons (Fsp3) is 0.393. The summed E-state index contributed by atoms with van der Waals surface area (Å²) >= 11 is 7.87. The van der Waals surface area contributed by atoms with Crippen LogP contribution in [-0.2, 0) is 6.42 Å². The Kier molecular flexibility index (Phi) is 10.9. The van der Waals surface area contributed by atoms with E-state index < -0.39 is 25.2 Å². The lowest BCUT2D eigenvalue weighted by Crippen LogP contribution is -2.46. The first-order valence-electron chi connectivity index (χ1n) is 12.6. The van der Waals surface area contributed by atoms with Crippen molar-refractivity contribution in [3.05, 3.63) is 76.0 Å². The summed E-state index contributed by atoms with van der Waals surface area (Å²) in [5.74, 6) is -0.311. The predicted octanol–water partition coefficient (Wildman–Crippen LogP) is 7.09. The number of rotatable bonds is 8. The Morgan fingerprint density at radius 1 is 1.26 bits per heavy atom. The summed E-state index contributed by atoms with van der Waals surface area (Å²) < 4.78 is 39.1. The number of alkyl halides is 3. The highest BCUT2D eigenvalue weighted by Gasteiger charge is 2.31. The standard InChI is InChI=1S/C28H33ClF3N5OS/c1-3-18-7-9-19(10-8-18)26(34)37(14-13-28(30,31)32)27(38)35-17-24(33)23-12-11-22(39-2)16-25(23)36-21-6-4-5-20(29)15-21/h4-10,15,22,34H,3,11-14,16-17,33H2,1-2H3,(H,35,38)/b24-23-,34-26?,36-25?. The van der Waals surface area contributed by atoms with Gasteiger partial charge in [-0.2, -0.15) is 24.9 Å². The average Bonchev–Trinajstić information content (AvgIpc) is 2.91. The number of amidine groups is 1. The first-order chi connectivity index (χ1) is 18.5. The lowest BCUT2D eigenvalue weighted by atomic mass is 9.90. The van der Waals surface area contributed by atoms with E-state index in [9.17, 15) is 18.0 Å². The van der Waals surface area contributed by atoms with Crippen molar-refractivity contribution >= 4 is 46.6 Å². The fourth-order valence-corrected chi connectivity index (χ4v) is 5.10. The van der Waals surface area contributed by atoms with Crippen molar-refractivity contribution in [2.75, 3.05) is 19.3 Å². The molecule has 0 radical (unpaired) electrons. The van der Waals surface area contributed by atoms with E-state index in [1.54, 1.807) is 48.2 Å². The van der Waals surface area contributed by atoms with Crippen molar-refractivity contribution in [2.45, 2.75) is 50.5 Å². The minimum Gasteiger partial charge on any atom is -0.400 e. The molecule has 1 aliphatic carbocycles. The molecular formula is C28H33ClF3N5OS. The zero-order chi connectivity index (χ0) is 28.6. The number of hydrogen-bond acceptors (Lipinski definition) is 5. The van der Waals surface area contributed by atoms with E-state index in [1.165, 1.54) is 0 Å². The number of aliphatic imine (C=N–C) groups is 1. The Morgan fingerprint density at radius 2 is 1.97 bits per heavy atom. The molecule has 1 unspecified atom stereocenters. The number of thioether (sulfide) groups is 1. The molecule has 210 valence electrons. The monoisotopic (exact) mass is 579 g/mol. The van der Waals surface area contributed by atoms with Gasteiger partial charge in [0.25, 0.3) is 0 Å². The van der Waals surface area contributed by atoms with Gasteiger partial charge in [0.2, 0.25) is 0 Å². The maximum absolute atomic E-state index is 13.1. The molecule has 2 amide bonds. The van der Waals surface area contributed by atoms with Crippen molar-refractivity contribution in [3.8, 4) is 0 Å². The van der Waals surface area contributed by atoms with Crippen LogP contribution >= 0.6 is 23.4 Å². The molecule has 1 aliphatic rings. The van der Waals surface area contributed by atoms with Gasteiger partial charge >= 0.3 is 12.2 Å². The van der Waals surface area contributed by atoms with Crippen LogP contribution in [0.1, 0.15) is 43.7 Å². The van der Waals surface area contributed by atoms with E-state index >= 15 is 0 Å². The molecule has 0 spiro atoms. The molecule has 1 atom stereocenters. The maximum atomic E-state index is 13.1. The Balaban J connectivity index is 1.81. The van der Waals surface area contributed by atoms with Crippen LogP contribution in [0.4, 0.5) is 23.7 Å². The molecular weight excluding hydrogens is 547 g/mol. The van der Waals surface area contributed by atoms with Gasteiger partial charge < -0.3 is 11.1 Å². The first-order valence-corrected chi connectivity index (χ1v) is 14.3. The molecule has 39 heavy (non-hydrogen) atoms. The van der Waals surface area contributed by atoms with Gasteiger partial charge in [0, 0.05) is 40.2 Å². The molecule has 0 aromatic heterocycles. The predicted molar refractivity (Wildman–Crippen MR) is 154 cm³/mol.